The number of aryl methyl sites for hydroxylation is 2. The monoisotopic (exact) mass is 479 g/mol. The van der Waals surface area contributed by atoms with Crippen molar-refractivity contribution in [1.82, 2.24) is 19.9 Å². The molecule has 1 aliphatic rings. The van der Waals surface area contributed by atoms with Crippen molar-refractivity contribution in [2.75, 3.05) is 52.9 Å². The van der Waals surface area contributed by atoms with Gasteiger partial charge in [-0.2, -0.15) is 0 Å². The highest BCUT2D eigenvalue weighted by atomic mass is 16.5. The summed E-state index contributed by atoms with van der Waals surface area (Å²) >= 11 is 0. The lowest BCUT2D eigenvalue weighted by molar-refractivity contribution is 0.211. The molecule has 0 fully saturated rings. The molecule has 3 aromatic rings. The van der Waals surface area contributed by atoms with Gasteiger partial charge in [0.2, 0.25) is 17.6 Å². The van der Waals surface area contributed by atoms with Crippen LogP contribution < -0.4 is 24.3 Å². The van der Waals surface area contributed by atoms with E-state index < -0.39 is 0 Å². The molecule has 0 saturated carbocycles. The molecule has 1 aliphatic carbocycles. The topological polar surface area (TPSA) is 90.9 Å². The Bertz CT molecular complexity index is 1140. The molecule has 0 radical (unpaired) electrons. The van der Waals surface area contributed by atoms with Crippen LogP contribution in [0.4, 0.5) is 11.6 Å². The van der Waals surface area contributed by atoms with Crippen LogP contribution in [-0.2, 0) is 12.8 Å². The summed E-state index contributed by atoms with van der Waals surface area (Å²) in [6, 6.07) is 5.65. The molecule has 9 nitrogen and oxygen atoms in total. The Morgan fingerprint density at radius 3 is 2.23 bits per heavy atom. The number of ether oxygens (including phenoxy) is 4. The van der Waals surface area contributed by atoms with E-state index in [0.29, 0.717) is 35.7 Å². The first-order valence-electron chi connectivity index (χ1n) is 11.9. The Kier molecular flexibility index (Phi) is 7.87. The summed E-state index contributed by atoms with van der Waals surface area (Å²) in [5.41, 5.74) is 4.90. The molecule has 0 saturated heterocycles. The van der Waals surface area contributed by atoms with Gasteiger partial charge in [0.05, 0.1) is 27.0 Å². The second kappa shape index (κ2) is 11.2. The van der Waals surface area contributed by atoms with Gasteiger partial charge in [0.25, 0.3) is 0 Å². The van der Waals surface area contributed by atoms with E-state index in [1.54, 1.807) is 21.3 Å². The smallest absolute Gasteiger partial charge is 0.227 e. The van der Waals surface area contributed by atoms with E-state index in [2.05, 4.69) is 34.0 Å². The van der Waals surface area contributed by atoms with Crippen molar-refractivity contribution in [2.24, 2.45) is 0 Å². The van der Waals surface area contributed by atoms with Gasteiger partial charge in [0.1, 0.15) is 6.61 Å². The quantitative estimate of drug-likeness (QED) is 0.436. The first-order valence-corrected chi connectivity index (χ1v) is 11.9. The third-order valence-electron chi connectivity index (χ3n) is 6.22. The summed E-state index contributed by atoms with van der Waals surface area (Å²) in [5, 5.41) is 3.29. The first kappa shape index (κ1) is 24.5. The number of fused-ring (bicyclic) bond motifs is 3. The van der Waals surface area contributed by atoms with Crippen LogP contribution in [0.25, 0.3) is 11.3 Å². The maximum absolute atomic E-state index is 6.06. The van der Waals surface area contributed by atoms with Crippen molar-refractivity contribution < 1.29 is 18.9 Å². The Labute approximate surface area is 206 Å². The minimum absolute atomic E-state index is 0.478. The molecule has 0 atom stereocenters. The van der Waals surface area contributed by atoms with Crippen molar-refractivity contribution >= 4 is 11.6 Å². The number of anilines is 2. The fraction of sp³-hybridized carbons (Fsp3) is 0.423. The van der Waals surface area contributed by atoms with Crippen molar-refractivity contribution in [3.05, 3.63) is 41.7 Å². The number of nitrogens with zero attached hydrogens (tertiary/aromatic N) is 4. The highest BCUT2D eigenvalue weighted by molar-refractivity contribution is 5.72. The zero-order valence-corrected chi connectivity index (χ0v) is 21.1. The normalized spacial score (nSPS) is 12.1. The largest absolute Gasteiger partial charge is 0.493 e. The molecule has 4 rings (SSSR count). The van der Waals surface area contributed by atoms with Crippen LogP contribution in [0.15, 0.2) is 30.6 Å². The molecule has 35 heavy (non-hydrogen) atoms. The van der Waals surface area contributed by atoms with Gasteiger partial charge < -0.3 is 29.2 Å². The van der Waals surface area contributed by atoms with Gasteiger partial charge in [-0.15, -0.1) is 0 Å². The van der Waals surface area contributed by atoms with E-state index >= 15 is 0 Å². The summed E-state index contributed by atoms with van der Waals surface area (Å²) in [6.07, 6.45) is 5.51. The fourth-order valence-electron chi connectivity index (χ4n) is 4.19. The van der Waals surface area contributed by atoms with E-state index in [1.807, 2.05) is 30.6 Å². The molecule has 186 valence electrons. The third kappa shape index (κ3) is 5.40. The van der Waals surface area contributed by atoms with E-state index in [1.165, 1.54) is 0 Å². The molecular weight excluding hydrogens is 446 g/mol. The average molecular weight is 480 g/mol. The molecule has 0 bridgehead atoms. The zero-order valence-electron chi connectivity index (χ0n) is 21.1. The van der Waals surface area contributed by atoms with E-state index in [-0.39, 0.29) is 0 Å². The number of hydrogen-bond acceptors (Lipinski definition) is 9. The van der Waals surface area contributed by atoms with Crippen LogP contribution in [-0.4, -0.2) is 67.4 Å². The minimum Gasteiger partial charge on any atom is -0.493 e. The summed E-state index contributed by atoms with van der Waals surface area (Å²) in [7, 11) is 4.84. The standard InChI is InChI=1S/C26H33N5O4/c1-6-31(7-2)10-11-35-25-21(32-3)12-19(13-22(25)33-4)29-26-28-16-18-9-8-17-15-27-23(34-5)14-20(17)24(18)30-26/h12-16H,6-11H2,1-5H3,(H,28,29,30). The molecule has 2 aromatic heterocycles. The molecule has 0 unspecified atom stereocenters. The predicted molar refractivity (Wildman–Crippen MR) is 135 cm³/mol. The van der Waals surface area contributed by atoms with Gasteiger partial charge in [-0.1, -0.05) is 13.8 Å². The number of methoxy groups -OCH3 is 3. The number of aromatic nitrogens is 3. The van der Waals surface area contributed by atoms with E-state index in [0.717, 1.165) is 60.5 Å². The second-order valence-electron chi connectivity index (χ2n) is 8.16. The van der Waals surface area contributed by atoms with Gasteiger partial charge in [-0.25, -0.2) is 15.0 Å². The average Bonchev–Trinajstić information content (AvgIpc) is 2.90. The highest BCUT2D eigenvalue weighted by Crippen LogP contribution is 2.41. The summed E-state index contributed by atoms with van der Waals surface area (Å²) < 4.78 is 22.6. The Hall–Kier alpha value is -3.59. The van der Waals surface area contributed by atoms with Crippen LogP contribution in [0, 0.1) is 0 Å². The first-order chi connectivity index (χ1) is 17.1. The Morgan fingerprint density at radius 2 is 1.57 bits per heavy atom. The van der Waals surface area contributed by atoms with Crippen LogP contribution in [0.2, 0.25) is 0 Å². The summed E-state index contributed by atoms with van der Waals surface area (Å²) in [5.74, 6) is 2.77. The van der Waals surface area contributed by atoms with Gasteiger partial charge in [-0.05, 0) is 37.1 Å². The van der Waals surface area contributed by atoms with Gasteiger partial charge in [0, 0.05) is 48.4 Å². The van der Waals surface area contributed by atoms with Crippen LogP contribution in [0.3, 0.4) is 0 Å². The van der Waals surface area contributed by atoms with Gasteiger partial charge >= 0.3 is 0 Å². The molecule has 1 aromatic carbocycles. The Balaban J connectivity index is 1.59. The van der Waals surface area contributed by atoms with Gasteiger partial charge in [0.15, 0.2) is 11.5 Å². The molecule has 1 N–H and O–H groups in total. The van der Waals surface area contributed by atoms with E-state index in [9.17, 15) is 0 Å². The number of nitrogens with one attached hydrogen (secondary N) is 1. The molecule has 9 heteroatoms. The van der Waals surface area contributed by atoms with Crippen LogP contribution in [0.1, 0.15) is 25.0 Å². The second-order valence-corrected chi connectivity index (χ2v) is 8.16. The fourth-order valence-corrected chi connectivity index (χ4v) is 4.19. The van der Waals surface area contributed by atoms with Crippen molar-refractivity contribution in [3.8, 4) is 34.4 Å². The summed E-state index contributed by atoms with van der Waals surface area (Å²) in [4.78, 5) is 16.0. The number of benzene rings is 1. The number of likely N-dealkylation sites (N-methyl/N-ethyl adjacent to an activating group) is 1. The lowest BCUT2D eigenvalue weighted by Gasteiger charge is -2.21. The number of pyridine rings is 1. The van der Waals surface area contributed by atoms with Gasteiger partial charge in [-0.3, -0.25) is 0 Å². The molecule has 0 amide bonds. The molecule has 2 heterocycles. The van der Waals surface area contributed by atoms with Crippen molar-refractivity contribution in [2.45, 2.75) is 26.7 Å². The zero-order chi connectivity index (χ0) is 24.8. The lowest BCUT2D eigenvalue weighted by atomic mass is 9.91. The SMILES string of the molecule is CCN(CC)CCOc1c(OC)cc(Nc2ncc3c(n2)-c2cc(OC)ncc2CC3)cc1OC. The van der Waals surface area contributed by atoms with E-state index in [4.69, 9.17) is 23.9 Å². The lowest BCUT2D eigenvalue weighted by Crippen LogP contribution is -2.28. The minimum atomic E-state index is 0.478. The third-order valence-corrected chi connectivity index (χ3v) is 6.22. The molecule has 0 spiro atoms. The predicted octanol–water partition coefficient (Wildman–Crippen LogP) is 4.13. The van der Waals surface area contributed by atoms with Crippen LogP contribution in [0.5, 0.6) is 23.1 Å². The van der Waals surface area contributed by atoms with Crippen LogP contribution >= 0.6 is 0 Å². The van der Waals surface area contributed by atoms with Crippen molar-refractivity contribution in [1.29, 1.82) is 0 Å². The Morgan fingerprint density at radius 1 is 0.886 bits per heavy atom. The summed E-state index contributed by atoms with van der Waals surface area (Å²) in [6.45, 7) is 7.59. The maximum Gasteiger partial charge on any atom is 0.227 e. The molecule has 0 aliphatic heterocycles. The molecular formula is C26H33N5O4. The number of hydrogen-bond donors (Lipinski definition) is 1. The maximum atomic E-state index is 6.06. The van der Waals surface area contributed by atoms with Crippen molar-refractivity contribution in [3.63, 3.8) is 0 Å². The number of rotatable bonds is 11. The highest BCUT2D eigenvalue weighted by Gasteiger charge is 2.21.